The summed E-state index contributed by atoms with van der Waals surface area (Å²) in [5, 5.41) is 10.2. The van der Waals surface area contributed by atoms with Gasteiger partial charge in [-0.15, -0.1) is 23.1 Å². The molecule has 40 heavy (non-hydrogen) atoms. The fraction of sp³-hybridized carbons (Fsp3) is 0.129. The van der Waals surface area contributed by atoms with Crippen LogP contribution in [0.1, 0.15) is 17.3 Å². The Morgan fingerprint density at radius 1 is 0.850 bits per heavy atom. The molecule has 0 saturated carbocycles. The molecule has 2 N–H and O–H groups in total. The van der Waals surface area contributed by atoms with E-state index < -0.39 is 5.25 Å². The number of thioether (sulfide) groups is 1. The number of carbonyl (C=O) groups is 2. The van der Waals surface area contributed by atoms with Crippen LogP contribution in [0.5, 0.6) is 11.5 Å². The summed E-state index contributed by atoms with van der Waals surface area (Å²) in [7, 11) is 3.01. The van der Waals surface area contributed by atoms with E-state index in [9.17, 15) is 9.59 Å². The predicted octanol–water partition coefficient (Wildman–Crippen LogP) is 7.35. The minimum Gasteiger partial charge on any atom is -0.496 e. The fourth-order valence-corrected chi connectivity index (χ4v) is 5.84. The van der Waals surface area contributed by atoms with Gasteiger partial charge in [0.25, 0.3) is 5.91 Å². The van der Waals surface area contributed by atoms with Gasteiger partial charge in [-0.1, -0.05) is 48.5 Å². The van der Waals surface area contributed by atoms with Gasteiger partial charge in [-0.2, -0.15) is 0 Å². The van der Waals surface area contributed by atoms with Crippen LogP contribution in [-0.2, 0) is 4.79 Å². The van der Waals surface area contributed by atoms with Crippen LogP contribution in [0.15, 0.2) is 95.2 Å². The topological polar surface area (TPSA) is 89.5 Å². The molecule has 0 radical (unpaired) electrons. The van der Waals surface area contributed by atoms with Gasteiger partial charge >= 0.3 is 0 Å². The lowest BCUT2D eigenvalue weighted by molar-refractivity contribution is -0.115. The number of fused-ring (bicyclic) bond motifs is 1. The van der Waals surface area contributed by atoms with Crippen molar-refractivity contribution in [3.05, 3.63) is 95.9 Å². The quantitative estimate of drug-likeness (QED) is 0.180. The summed E-state index contributed by atoms with van der Waals surface area (Å²) in [6, 6.07) is 26.9. The molecule has 0 saturated heterocycles. The van der Waals surface area contributed by atoms with E-state index in [4.69, 9.17) is 9.47 Å². The van der Waals surface area contributed by atoms with Gasteiger partial charge in [-0.25, -0.2) is 4.98 Å². The molecule has 1 aromatic heterocycles. The monoisotopic (exact) mass is 569 g/mol. The van der Waals surface area contributed by atoms with E-state index in [2.05, 4.69) is 39.9 Å². The predicted molar refractivity (Wildman–Crippen MR) is 163 cm³/mol. The lowest BCUT2D eigenvalue weighted by atomic mass is 10.1. The third-order valence-corrected chi connectivity index (χ3v) is 8.06. The Hall–Kier alpha value is -4.34. The molecule has 1 heterocycles. The molecule has 0 aliphatic heterocycles. The second-order valence-corrected chi connectivity index (χ2v) is 11.1. The number of amides is 2. The number of nitrogens with one attached hydrogen (secondary N) is 2. The first-order chi connectivity index (χ1) is 19.4. The molecular weight excluding hydrogens is 542 g/mol. The highest BCUT2D eigenvalue weighted by atomic mass is 32.2. The van der Waals surface area contributed by atoms with Gasteiger partial charge in [-0.3, -0.25) is 9.59 Å². The molecule has 1 unspecified atom stereocenters. The van der Waals surface area contributed by atoms with Crippen molar-refractivity contribution in [3.63, 3.8) is 0 Å². The van der Waals surface area contributed by atoms with Crippen LogP contribution < -0.4 is 20.1 Å². The second-order valence-electron chi connectivity index (χ2n) is 8.87. The summed E-state index contributed by atoms with van der Waals surface area (Å²) in [5.74, 6) is 0.322. The summed E-state index contributed by atoms with van der Waals surface area (Å²) in [6.07, 6.45) is 0. The number of hydrogen-bond donors (Lipinski definition) is 2. The van der Waals surface area contributed by atoms with E-state index in [0.29, 0.717) is 27.9 Å². The Morgan fingerprint density at radius 3 is 2.33 bits per heavy atom. The molecule has 0 fully saturated rings. The molecule has 7 nitrogen and oxygen atoms in total. The Morgan fingerprint density at radius 2 is 1.57 bits per heavy atom. The van der Waals surface area contributed by atoms with Crippen LogP contribution in [0, 0.1) is 0 Å². The summed E-state index contributed by atoms with van der Waals surface area (Å²) in [6.45, 7) is 1.84. The van der Waals surface area contributed by atoms with Gasteiger partial charge in [0.2, 0.25) is 5.91 Å². The number of anilines is 2. The van der Waals surface area contributed by atoms with Crippen LogP contribution in [0.3, 0.4) is 0 Å². The lowest BCUT2D eigenvalue weighted by Gasteiger charge is -2.14. The highest BCUT2D eigenvalue weighted by molar-refractivity contribution is 8.00. The first kappa shape index (κ1) is 27.2. The number of benzene rings is 4. The molecule has 0 bridgehead atoms. The van der Waals surface area contributed by atoms with Crippen molar-refractivity contribution in [2.45, 2.75) is 17.1 Å². The van der Waals surface area contributed by atoms with Gasteiger partial charge in [0.15, 0.2) is 5.13 Å². The van der Waals surface area contributed by atoms with Gasteiger partial charge in [0, 0.05) is 21.5 Å². The summed E-state index contributed by atoms with van der Waals surface area (Å²) in [4.78, 5) is 31.5. The Kier molecular flexibility index (Phi) is 8.33. The van der Waals surface area contributed by atoms with Crippen molar-refractivity contribution < 1.29 is 19.1 Å². The Balaban J connectivity index is 1.23. The summed E-state index contributed by atoms with van der Waals surface area (Å²) in [5.41, 5.74) is 2.73. The van der Waals surface area contributed by atoms with Gasteiger partial charge in [0.1, 0.15) is 17.1 Å². The molecular formula is C31H27N3O4S2. The minimum absolute atomic E-state index is 0.155. The number of aromatic nitrogens is 1. The normalized spacial score (nSPS) is 11.6. The van der Waals surface area contributed by atoms with E-state index in [0.717, 1.165) is 21.5 Å². The van der Waals surface area contributed by atoms with Crippen LogP contribution in [0.4, 0.5) is 10.8 Å². The molecule has 9 heteroatoms. The third-order valence-electron chi connectivity index (χ3n) is 6.21. The van der Waals surface area contributed by atoms with Crippen LogP contribution >= 0.6 is 23.1 Å². The number of hydrogen-bond acceptors (Lipinski definition) is 7. The molecule has 1 atom stereocenters. The number of nitrogens with zero attached hydrogens (tertiary/aromatic N) is 1. The second kappa shape index (κ2) is 12.2. The van der Waals surface area contributed by atoms with Crippen molar-refractivity contribution in [1.82, 2.24) is 4.98 Å². The van der Waals surface area contributed by atoms with Crippen molar-refractivity contribution in [3.8, 4) is 22.8 Å². The zero-order valence-electron chi connectivity index (χ0n) is 22.1. The van der Waals surface area contributed by atoms with Crippen LogP contribution in [0.2, 0.25) is 0 Å². The molecule has 202 valence electrons. The van der Waals surface area contributed by atoms with E-state index in [1.807, 2.05) is 48.7 Å². The molecule has 0 aliphatic rings. The highest BCUT2D eigenvalue weighted by Crippen LogP contribution is 2.32. The SMILES string of the molecule is COc1cccc(OC)c1C(=O)Nc1cccc(SC(C)C(=O)Nc2nc(-c3ccc4ccccc4c3)cs2)c1. The Bertz CT molecular complexity index is 1660. The van der Waals surface area contributed by atoms with Gasteiger partial charge in [-0.05, 0) is 54.1 Å². The lowest BCUT2D eigenvalue weighted by Crippen LogP contribution is -2.22. The molecule has 4 aromatic carbocycles. The molecule has 2 amide bonds. The molecule has 5 rings (SSSR count). The maximum atomic E-state index is 13.0. The fourth-order valence-electron chi connectivity index (χ4n) is 4.19. The number of ether oxygens (including phenoxy) is 2. The average Bonchev–Trinajstić information content (AvgIpc) is 3.45. The zero-order chi connectivity index (χ0) is 28.1. The standard InChI is InChI=1S/C31H27N3O4S2/c1-19(29(35)34-31-33-25(18-39-31)22-15-14-20-8-4-5-9-21(20)16-22)40-24-11-6-10-23(17-24)32-30(36)28-26(37-2)12-7-13-27(28)38-3/h4-19H,1-3H3,(H,32,36)(H,33,34,35). The smallest absolute Gasteiger partial charge is 0.263 e. The van der Waals surface area contributed by atoms with Gasteiger partial charge in [0.05, 0.1) is 25.2 Å². The van der Waals surface area contributed by atoms with Crippen molar-refractivity contribution in [2.75, 3.05) is 24.9 Å². The van der Waals surface area contributed by atoms with E-state index in [1.54, 1.807) is 24.3 Å². The Labute approximate surface area is 240 Å². The van der Waals surface area contributed by atoms with E-state index in [1.165, 1.54) is 42.7 Å². The maximum Gasteiger partial charge on any atom is 0.263 e. The largest absolute Gasteiger partial charge is 0.496 e. The molecule has 5 aromatic rings. The third kappa shape index (κ3) is 6.11. The van der Waals surface area contributed by atoms with E-state index >= 15 is 0 Å². The highest BCUT2D eigenvalue weighted by Gasteiger charge is 2.20. The van der Waals surface area contributed by atoms with E-state index in [-0.39, 0.29) is 11.8 Å². The van der Waals surface area contributed by atoms with Crippen LogP contribution in [0.25, 0.3) is 22.0 Å². The minimum atomic E-state index is -0.395. The van der Waals surface area contributed by atoms with Crippen molar-refractivity contribution in [2.24, 2.45) is 0 Å². The molecule has 0 spiro atoms. The summed E-state index contributed by atoms with van der Waals surface area (Å²) >= 11 is 2.79. The van der Waals surface area contributed by atoms with Crippen molar-refractivity contribution in [1.29, 1.82) is 0 Å². The number of methoxy groups -OCH3 is 2. The van der Waals surface area contributed by atoms with Gasteiger partial charge < -0.3 is 20.1 Å². The number of thiazole rings is 1. The first-order valence-corrected chi connectivity index (χ1v) is 14.3. The molecule has 0 aliphatic carbocycles. The first-order valence-electron chi connectivity index (χ1n) is 12.5. The average molecular weight is 570 g/mol. The number of carbonyl (C=O) groups excluding carboxylic acids is 2. The maximum absolute atomic E-state index is 13.0. The summed E-state index contributed by atoms with van der Waals surface area (Å²) < 4.78 is 10.7. The van der Waals surface area contributed by atoms with Crippen molar-refractivity contribution >= 4 is 56.5 Å². The number of rotatable bonds is 9. The van der Waals surface area contributed by atoms with Crippen LogP contribution in [-0.4, -0.2) is 36.3 Å². The zero-order valence-corrected chi connectivity index (χ0v) is 23.8.